The van der Waals surface area contributed by atoms with Gasteiger partial charge in [0.15, 0.2) is 0 Å². The molecule has 0 aliphatic rings. The van der Waals surface area contributed by atoms with E-state index >= 15 is 0 Å². The molecule has 0 aliphatic heterocycles. The van der Waals surface area contributed by atoms with E-state index in [2.05, 4.69) is 20.8 Å². The van der Waals surface area contributed by atoms with Crippen molar-refractivity contribution in [2.45, 2.75) is 65.3 Å². The van der Waals surface area contributed by atoms with Crippen molar-refractivity contribution in [3.05, 3.63) is 0 Å². The summed E-state index contributed by atoms with van der Waals surface area (Å²) in [7, 11) is 0. The Balaban J connectivity index is 3.26. The molecule has 0 aromatic carbocycles. The molecule has 2 unspecified atom stereocenters. The average Bonchev–Trinajstić information content (AvgIpc) is 2.05. The smallest absolute Gasteiger partial charge is 0.00413 e. The van der Waals surface area contributed by atoms with Gasteiger partial charge in [-0.2, -0.15) is 0 Å². The number of unbranched alkanes of at least 4 members (excludes halogenated alkanes) is 2. The summed E-state index contributed by atoms with van der Waals surface area (Å²) in [5, 5.41) is 0. The minimum atomic E-state index is 0.450. The summed E-state index contributed by atoms with van der Waals surface area (Å²) in [5.41, 5.74) is 5.99. The zero-order chi connectivity index (χ0) is 9.40. The van der Waals surface area contributed by atoms with Crippen molar-refractivity contribution < 1.29 is 0 Å². The summed E-state index contributed by atoms with van der Waals surface area (Å²) in [6.45, 7) is 6.77. The highest BCUT2D eigenvalue weighted by Crippen LogP contribution is 2.12. The third-order valence-electron chi connectivity index (χ3n) is 2.58. The molecular weight excluding hydrogens is 146 g/mol. The summed E-state index contributed by atoms with van der Waals surface area (Å²) >= 11 is 0. The van der Waals surface area contributed by atoms with Gasteiger partial charge in [0.2, 0.25) is 0 Å². The molecule has 1 heteroatoms. The highest BCUT2D eigenvalue weighted by Gasteiger charge is 2.06. The number of hydrogen-bond acceptors (Lipinski definition) is 1. The molecule has 0 heterocycles. The summed E-state index contributed by atoms with van der Waals surface area (Å²) < 4.78 is 0. The van der Waals surface area contributed by atoms with E-state index in [4.69, 9.17) is 5.73 Å². The van der Waals surface area contributed by atoms with Crippen LogP contribution in [0.3, 0.4) is 0 Å². The molecule has 2 atom stereocenters. The van der Waals surface area contributed by atoms with Gasteiger partial charge < -0.3 is 5.73 Å². The Morgan fingerprint density at radius 1 is 1.17 bits per heavy atom. The predicted octanol–water partition coefficient (Wildman–Crippen LogP) is 3.33. The van der Waals surface area contributed by atoms with Gasteiger partial charge in [0.25, 0.3) is 0 Å². The van der Waals surface area contributed by atoms with Crippen LogP contribution in [0.15, 0.2) is 0 Å². The van der Waals surface area contributed by atoms with Crippen LogP contribution in [0.5, 0.6) is 0 Å². The Morgan fingerprint density at radius 2 is 1.83 bits per heavy atom. The molecule has 74 valence electrons. The fourth-order valence-electron chi connectivity index (χ4n) is 1.46. The zero-order valence-electron chi connectivity index (χ0n) is 8.97. The Labute approximate surface area is 77.7 Å². The van der Waals surface area contributed by atoms with Crippen molar-refractivity contribution in [1.29, 1.82) is 0 Å². The van der Waals surface area contributed by atoms with Gasteiger partial charge in [-0.05, 0) is 18.8 Å². The van der Waals surface area contributed by atoms with Crippen LogP contribution in [0.1, 0.15) is 59.3 Å². The SMILES string of the molecule is CCCCCC(N)CC(C)CC. The van der Waals surface area contributed by atoms with E-state index in [0.717, 1.165) is 5.92 Å². The average molecular weight is 171 g/mol. The molecule has 0 aromatic rings. The van der Waals surface area contributed by atoms with Crippen LogP contribution in [0.2, 0.25) is 0 Å². The molecule has 0 aliphatic carbocycles. The summed E-state index contributed by atoms with van der Waals surface area (Å²) in [6.07, 6.45) is 7.65. The van der Waals surface area contributed by atoms with E-state index in [1.165, 1.54) is 38.5 Å². The highest BCUT2D eigenvalue weighted by molar-refractivity contribution is 4.64. The van der Waals surface area contributed by atoms with Gasteiger partial charge in [-0.25, -0.2) is 0 Å². The van der Waals surface area contributed by atoms with Crippen LogP contribution in [0.4, 0.5) is 0 Å². The maximum absolute atomic E-state index is 5.99. The molecule has 0 saturated heterocycles. The molecule has 0 aromatic heterocycles. The van der Waals surface area contributed by atoms with Crippen LogP contribution in [-0.4, -0.2) is 6.04 Å². The quantitative estimate of drug-likeness (QED) is 0.584. The maximum Gasteiger partial charge on any atom is 0.00413 e. The zero-order valence-corrected chi connectivity index (χ0v) is 8.97. The predicted molar refractivity (Wildman–Crippen MR) is 56.2 cm³/mol. The summed E-state index contributed by atoms with van der Waals surface area (Å²) in [5.74, 6) is 0.807. The lowest BCUT2D eigenvalue weighted by atomic mass is 9.96. The molecule has 0 amide bonds. The fraction of sp³-hybridized carbons (Fsp3) is 1.00. The first-order valence-electron chi connectivity index (χ1n) is 5.46. The largest absolute Gasteiger partial charge is 0.328 e. The van der Waals surface area contributed by atoms with E-state index in [1.807, 2.05) is 0 Å². The summed E-state index contributed by atoms with van der Waals surface area (Å²) in [6, 6.07) is 0.450. The van der Waals surface area contributed by atoms with Gasteiger partial charge in [-0.1, -0.05) is 46.5 Å². The van der Waals surface area contributed by atoms with Crippen molar-refractivity contribution in [2.75, 3.05) is 0 Å². The third-order valence-corrected chi connectivity index (χ3v) is 2.58. The number of hydrogen-bond donors (Lipinski definition) is 1. The van der Waals surface area contributed by atoms with Gasteiger partial charge in [-0.15, -0.1) is 0 Å². The number of nitrogens with two attached hydrogens (primary N) is 1. The van der Waals surface area contributed by atoms with E-state index in [9.17, 15) is 0 Å². The molecule has 12 heavy (non-hydrogen) atoms. The minimum Gasteiger partial charge on any atom is -0.328 e. The number of rotatable bonds is 7. The lowest BCUT2D eigenvalue weighted by Crippen LogP contribution is -2.22. The molecule has 0 rings (SSSR count). The van der Waals surface area contributed by atoms with Gasteiger partial charge in [-0.3, -0.25) is 0 Å². The molecule has 0 saturated carbocycles. The lowest BCUT2D eigenvalue weighted by Gasteiger charge is -2.15. The van der Waals surface area contributed by atoms with Gasteiger partial charge >= 0.3 is 0 Å². The van der Waals surface area contributed by atoms with Crippen molar-refractivity contribution in [1.82, 2.24) is 0 Å². The molecule has 1 nitrogen and oxygen atoms in total. The highest BCUT2D eigenvalue weighted by atomic mass is 14.6. The molecule has 0 fully saturated rings. The second-order valence-corrected chi connectivity index (χ2v) is 4.00. The van der Waals surface area contributed by atoms with E-state index in [1.54, 1.807) is 0 Å². The fourth-order valence-corrected chi connectivity index (χ4v) is 1.46. The second kappa shape index (κ2) is 7.60. The minimum absolute atomic E-state index is 0.450. The first kappa shape index (κ1) is 12.0. The molecule has 0 bridgehead atoms. The monoisotopic (exact) mass is 171 g/mol. The van der Waals surface area contributed by atoms with Crippen LogP contribution in [-0.2, 0) is 0 Å². The Morgan fingerprint density at radius 3 is 2.33 bits per heavy atom. The maximum atomic E-state index is 5.99. The lowest BCUT2D eigenvalue weighted by molar-refractivity contribution is 0.425. The summed E-state index contributed by atoms with van der Waals surface area (Å²) in [4.78, 5) is 0. The topological polar surface area (TPSA) is 26.0 Å². The molecule has 0 radical (unpaired) electrons. The standard InChI is InChI=1S/C11H25N/c1-4-6-7-8-11(12)9-10(3)5-2/h10-11H,4-9,12H2,1-3H3. The van der Waals surface area contributed by atoms with E-state index < -0.39 is 0 Å². The van der Waals surface area contributed by atoms with Crippen LogP contribution in [0, 0.1) is 5.92 Å². The van der Waals surface area contributed by atoms with Crippen LogP contribution in [0.25, 0.3) is 0 Å². The van der Waals surface area contributed by atoms with Crippen LogP contribution < -0.4 is 5.73 Å². The second-order valence-electron chi connectivity index (χ2n) is 4.00. The first-order chi connectivity index (χ1) is 5.70. The van der Waals surface area contributed by atoms with E-state index in [-0.39, 0.29) is 0 Å². The van der Waals surface area contributed by atoms with Gasteiger partial charge in [0.1, 0.15) is 0 Å². The van der Waals surface area contributed by atoms with Gasteiger partial charge in [0.05, 0.1) is 0 Å². The van der Waals surface area contributed by atoms with Crippen molar-refractivity contribution in [2.24, 2.45) is 11.7 Å². The molecule has 0 spiro atoms. The Hall–Kier alpha value is -0.0400. The Bertz CT molecular complexity index is 91.0. The first-order valence-corrected chi connectivity index (χ1v) is 5.46. The molecular formula is C11H25N. The Kier molecular flexibility index (Phi) is 7.58. The normalized spacial score (nSPS) is 16.0. The van der Waals surface area contributed by atoms with Crippen molar-refractivity contribution in [3.8, 4) is 0 Å². The molecule has 2 N–H and O–H groups in total. The van der Waals surface area contributed by atoms with Gasteiger partial charge in [0, 0.05) is 6.04 Å². The van der Waals surface area contributed by atoms with Crippen molar-refractivity contribution in [3.63, 3.8) is 0 Å². The van der Waals surface area contributed by atoms with Crippen LogP contribution >= 0.6 is 0 Å². The van der Waals surface area contributed by atoms with Crippen molar-refractivity contribution >= 4 is 0 Å². The van der Waals surface area contributed by atoms with E-state index in [0.29, 0.717) is 6.04 Å². The third kappa shape index (κ3) is 6.66.